The van der Waals surface area contributed by atoms with Gasteiger partial charge in [0.2, 0.25) is 0 Å². The third kappa shape index (κ3) is 4.57. The van der Waals surface area contributed by atoms with Crippen molar-refractivity contribution in [2.24, 2.45) is 5.73 Å². The minimum Gasteiger partial charge on any atom is -0.330 e. The molecule has 0 rings (SSSR count). The standard InChI is InChI=1S/C9H19N/c1-3-5-6-9(4-2)7-8-10/h6H,3-5,7-8,10H2,1-2H3/b9-6+. The average Bonchev–Trinajstić information content (AvgIpc) is 1.98. The van der Waals surface area contributed by atoms with E-state index in [0.29, 0.717) is 0 Å². The monoisotopic (exact) mass is 141 g/mol. The van der Waals surface area contributed by atoms with Crippen LogP contribution in [0, 0.1) is 0 Å². The average molecular weight is 141 g/mol. The molecule has 0 fully saturated rings. The summed E-state index contributed by atoms with van der Waals surface area (Å²) < 4.78 is 0. The fraction of sp³-hybridized carbons (Fsp3) is 0.778. The van der Waals surface area contributed by atoms with Gasteiger partial charge in [0.15, 0.2) is 0 Å². The summed E-state index contributed by atoms with van der Waals surface area (Å²) in [6.45, 7) is 5.19. The van der Waals surface area contributed by atoms with Crippen LogP contribution in [0.5, 0.6) is 0 Å². The molecule has 0 spiro atoms. The van der Waals surface area contributed by atoms with Crippen LogP contribution in [0.1, 0.15) is 39.5 Å². The Morgan fingerprint density at radius 1 is 1.40 bits per heavy atom. The van der Waals surface area contributed by atoms with Crippen molar-refractivity contribution in [2.75, 3.05) is 6.54 Å². The zero-order valence-electron chi connectivity index (χ0n) is 7.19. The maximum Gasteiger partial charge on any atom is -0.00399 e. The van der Waals surface area contributed by atoms with Gasteiger partial charge in [-0.15, -0.1) is 0 Å². The lowest BCUT2D eigenvalue weighted by molar-refractivity contribution is 0.861. The van der Waals surface area contributed by atoms with Gasteiger partial charge in [-0.2, -0.15) is 0 Å². The summed E-state index contributed by atoms with van der Waals surface area (Å²) in [5.74, 6) is 0. The number of nitrogens with two attached hydrogens (primary N) is 1. The Hall–Kier alpha value is -0.300. The second-order valence-corrected chi connectivity index (χ2v) is 2.54. The Morgan fingerprint density at radius 3 is 2.50 bits per heavy atom. The van der Waals surface area contributed by atoms with E-state index in [-0.39, 0.29) is 0 Å². The quantitative estimate of drug-likeness (QED) is 0.585. The Bertz CT molecular complexity index is 94.9. The molecule has 2 N–H and O–H groups in total. The predicted octanol–water partition coefficient (Wildman–Crippen LogP) is 2.47. The first kappa shape index (κ1) is 9.70. The first-order chi connectivity index (χ1) is 4.85. The molecule has 0 aromatic heterocycles. The van der Waals surface area contributed by atoms with Crippen molar-refractivity contribution in [3.63, 3.8) is 0 Å². The van der Waals surface area contributed by atoms with E-state index in [4.69, 9.17) is 5.73 Å². The third-order valence-corrected chi connectivity index (χ3v) is 1.64. The highest BCUT2D eigenvalue weighted by Crippen LogP contribution is 2.06. The summed E-state index contributed by atoms with van der Waals surface area (Å²) in [5, 5.41) is 0. The van der Waals surface area contributed by atoms with Crippen LogP contribution in [-0.2, 0) is 0 Å². The number of allylic oxidation sites excluding steroid dienone is 1. The summed E-state index contributed by atoms with van der Waals surface area (Å²) in [6, 6.07) is 0. The van der Waals surface area contributed by atoms with Gasteiger partial charge in [-0.1, -0.05) is 31.9 Å². The molecule has 60 valence electrons. The van der Waals surface area contributed by atoms with Crippen molar-refractivity contribution in [1.82, 2.24) is 0 Å². The van der Waals surface area contributed by atoms with E-state index >= 15 is 0 Å². The molecule has 0 atom stereocenters. The molecule has 0 radical (unpaired) electrons. The fourth-order valence-electron chi connectivity index (χ4n) is 0.957. The molecule has 1 nitrogen and oxygen atoms in total. The van der Waals surface area contributed by atoms with E-state index in [1.807, 2.05) is 0 Å². The van der Waals surface area contributed by atoms with Gasteiger partial charge in [-0.25, -0.2) is 0 Å². The van der Waals surface area contributed by atoms with Crippen LogP contribution < -0.4 is 5.73 Å². The van der Waals surface area contributed by atoms with Crippen molar-refractivity contribution >= 4 is 0 Å². The summed E-state index contributed by atoms with van der Waals surface area (Å²) in [7, 11) is 0. The molecule has 0 aliphatic heterocycles. The van der Waals surface area contributed by atoms with Crippen molar-refractivity contribution in [3.05, 3.63) is 11.6 Å². The van der Waals surface area contributed by atoms with Crippen molar-refractivity contribution in [2.45, 2.75) is 39.5 Å². The van der Waals surface area contributed by atoms with E-state index in [2.05, 4.69) is 19.9 Å². The number of rotatable bonds is 5. The van der Waals surface area contributed by atoms with Gasteiger partial charge in [-0.05, 0) is 25.8 Å². The molecule has 0 aromatic carbocycles. The smallest absolute Gasteiger partial charge is 0.00399 e. The lowest BCUT2D eigenvalue weighted by atomic mass is 10.1. The van der Waals surface area contributed by atoms with Crippen molar-refractivity contribution in [3.8, 4) is 0 Å². The van der Waals surface area contributed by atoms with Gasteiger partial charge in [0.1, 0.15) is 0 Å². The third-order valence-electron chi connectivity index (χ3n) is 1.64. The minimum atomic E-state index is 0.795. The summed E-state index contributed by atoms with van der Waals surface area (Å²) in [5.41, 5.74) is 6.95. The molecule has 0 unspecified atom stereocenters. The molecule has 0 aliphatic rings. The zero-order valence-corrected chi connectivity index (χ0v) is 7.19. The molecule has 0 aromatic rings. The van der Waals surface area contributed by atoms with E-state index < -0.39 is 0 Å². The lowest BCUT2D eigenvalue weighted by Gasteiger charge is -2.00. The van der Waals surface area contributed by atoms with Crippen LogP contribution in [0.4, 0.5) is 0 Å². The van der Waals surface area contributed by atoms with E-state index in [9.17, 15) is 0 Å². The highest BCUT2D eigenvalue weighted by molar-refractivity contribution is 5.00. The van der Waals surface area contributed by atoms with Crippen LogP contribution in [0.2, 0.25) is 0 Å². The van der Waals surface area contributed by atoms with Gasteiger partial charge in [0.25, 0.3) is 0 Å². The van der Waals surface area contributed by atoms with Gasteiger partial charge in [0.05, 0.1) is 0 Å². The first-order valence-corrected chi connectivity index (χ1v) is 4.23. The number of unbranched alkanes of at least 4 members (excludes halogenated alkanes) is 1. The molecule has 10 heavy (non-hydrogen) atoms. The van der Waals surface area contributed by atoms with E-state index in [1.165, 1.54) is 18.4 Å². The van der Waals surface area contributed by atoms with Crippen molar-refractivity contribution < 1.29 is 0 Å². The molecule has 0 amide bonds. The molecular weight excluding hydrogens is 122 g/mol. The fourth-order valence-corrected chi connectivity index (χ4v) is 0.957. The molecular formula is C9H19N. The van der Waals surface area contributed by atoms with Crippen molar-refractivity contribution in [1.29, 1.82) is 0 Å². The van der Waals surface area contributed by atoms with Crippen LogP contribution in [0.25, 0.3) is 0 Å². The number of hydrogen-bond acceptors (Lipinski definition) is 1. The zero-order chi connectivity index (χ0) is 7.82. The second kappa shape index (κ2) is 6.81. The minimum absolute atomic E-state index is 0.795. The van der Waals surface area contributed by atoms with E-state index in [0.717, 1.165) is 19.4 Å². The van der Waals surface area contributed by atoms with Crippen LogP contribution in [-0.4, -0.2) is 6.54 Å². The summed E-state index contributed by atoms with van der Waals surface area (Å²) in [6.07, 6.45) is 7.03. The van der Waals surface area contributed by atoms with Gasteiger partial charge in [0, 0.05) is 0 Å². The maximum absolute atomic E-state index is 5.44. The Morgan fingerprint density at radius 2 is 2.10 bits per heavy atom. The predicted molar refractivity (Wildman–Crippen MR) is 47.0 cm³/mol. The molecule has 0 saturated carbocycles. The largest absolute Gasteiger partial charge is 0.330 e. The van der Waals surface area contributed by atoms with Crippen LogP contribution in [0.3, 0.4) is 0 Å². The molecule has 0 bridgehead atoms. The van der Waals surface area contributed by atoms with Gasteiger partial charge < -0.3 is 5.73 Å². The molecule has 0 saturated heterocycles. The normalized spacial score (nSPS) is 12.1. The molecule has 1 heteroatoms. The summed E-state index contributed by atoms with van der Waals surface area (Å²) >= 11 is 0. The Labute approximate surface area is 64.3 Å². The molecule has 0 aliphatic carbocycles. The Balaban J connectivity index is 3.55. The highest BCUT2D eigenvalue weighted by Gasteiger charge is 1.89. The number of hydrogen-bond donors (Lipinski definition) is 1. The first-order valence-electron chi connectivity index (χ1n) is 4.23. The SMILES string of the molecule is CCC/C=C(\CC)CCN. The van der Waals surface area contributed by atoms with E-state index in [1.54, 1.807) is 0 Å². The van der Waals surface area contributed by atoms with Gasteiger partial charge >= 0.3 is 0 Å². The summed E-state index contributed by atoms with van der Waals surface area (Å²) in [4.78, 5) is 0. The topological polar surface area (TPSA) is 26.0 Å². The maximum atomic E-state index is 5.44. The highest BCUT2D eigenvalue weighted by atomic mass is 14.5. The van der Waals surface area contributed by atoms with Crippen LogP contribution >= 0.6 is 0 Å². The van der Waals surface area contributed by atoms with Gasteiger partial charge in [-0.3, -0.25) is 0 Å². The lowest BCUT2D eigenvalue weighted by Crippen LogP contribution is -1.99. The molecule has 0 heterocycles. The Kier molecular flexibility index (Phi) is 6.61. The second-order valence-electron chi connectivity index (χ2n) is 2.54. The van der Waals surface area contributed by atoms with Crippen LogP contribution in [0.15, 0.2) is 11.6 Å².